The molecule has 1 N–H and O–H groups in total. The number of benzene rings is 1. The molecule has 0 fully saturated rings. The highest BCUT2D eigenvalue weighted by Gasteiger charge is 2.31. The molecule has 0 saturated carbocycles. The predicted octanol–water partition coefficient (Wildman–Crippen LogP) is 2.47. The van der Waals surface area contributed by atoms with E-state index in [0.29, 0.717) is 0 Å². The van der Waals surface area contributed by atoms with E-state index in [4.69, 9.17) is 0 Å². The highest BCUT2D eigenvalue weighted by Crippen LogP contribution is 2.28. The number of phenols is 1. The van der Waals surface area contributed by atoms with Gasteiger partial charge >= 0.3 is 12.3 Å². The van der Waals surface area contributed by atoms with E-state index < -0.39 is 23.8 Å². The number of hydrogen-bond acceptors (Lipinski definition) is 4. The zero-order valence-corrected chi connectivity index (χ0v) is 8.75. The highest BCUT2D eigenvalue weighted by atomic mass is 19.4. The lowest BCUT2D eigenvalue weighted by Crippen LogP contribution is -2.17. The summed E-state index contributed by atoms with van der Waals surface area (Å²) in [4.78, 5) is 11.3. The van der Waals surface area contributed by atoms with Crippen molar-refractivity contribution in [1.29, 1.82) is 0 Å². The van der Waals surface area contributed by atoms with Crippen molar-refractivity contribution >= 4 is 5.97 Å². The van der Waals surface area contributed by atoms with E-state index in [0.717, 1.165) is 18.2 Å². The molecule has 0 aromatic heterocycles. The first-order valence-electron chi connectivity index (χ1n) is 4.59. The topological polar surface area (TPSA) is 55.8 Å². The number of carbonyl (C=O) groups excluding carboxylic acids is 1. The van der Waals surface area contributed by atoms with E-state index >= 15 is 0 Å². The van der Waals surface area contributed by atoms with E-state index in [-0.39, 0.29) is 12.2 Å². The minimum atomic E-state index is -4.86. The Morgan fingerprint density at radius 2 is 2.06 bits per heavy atom. The third-order valence-electron chi connectivity index (χ3n) is 1.70. The number of carbonyl (C=O) groups is 1. The van der Waals surface area contributed by atoms with Crippen molar-refractivity contribution < 1.29 is 32.5 Å². The molecule has 0 aliphatic rings. The second-order valence-electron chi connectivity index (χ2n) is 2.95. The van der Waals surface area contributed by atoms with E-state index in [1.54, 1.807) is 0 Å². The molecule has 0 saturated heterocycles. The van der Waals surface area contributed by atoms with Crippen LogP contribution in [0.2, 0.25) is 0 Å². The molecule has 0 radical (unpaired) electrons. The van der Waals surface area contributed by atoms with Gasteiger partial charge in [0.25, 0.3) is 0 Å². The summed E-state index contributed by atoms with van der Waals surface area (Å²) in [5, 5.41) is 9.29. The highest BCUT2D eigenvalue weighted by molar-refractivity contribution is 5.92. The van der Waals surface area contributed by atoms with E-state index in [9.17, 15) is 23.1 Å². The quantitative estimate of drug-likeness (QED) is 0.837. The molecular formula is C10H9F3O4. The number of alkyl halides is 3. The summed E-state index contributed by atoms with van der Waals surface area (Å²) >= 11 is 0. The van der Waals surface area contributed by atoms with E-state index in [1.165, 1.54) is 6.92 Å². The number of ether oxygens (including phenoxy) is 2. The maximum absolute atomic E-state index is 11.9. The number of esters is 1. The molecule has 0 heterocycles. The molecule has 1 rings (SSSR count). The molecule has 4 nitrogen and oxygen atoms in total. The Bertz CT molecular complexity index is 415. The van der Waals surface area contributed by atoms with Gasteiger partial charge in [0.1, 0.15) is 17.1 Å². The normalized spacial score (nSPS) is 11.1. The van der Waals surface area contributed by atoms with Crippen LogP contribution in [0.3, 0.4) is 0 Å². The van der Waals surface area contributed by atoms with Crippen LogP contribution in [0.4, 0.5) is 13.2 Å². The fourth-order valence-corrected chi connectivity index (χ4v) is 1.08. The SMILES string of the molecule is CCOC(=O)c1cc(OC(F)(F)F)ccc1O. The van der Waals surface area contributed by atoms with Gasteiger partial charge in [-0.15, -0.1) is 13.2 Å². The van der Waals surface area contributed by atoms with Crippen LogP contribution >= 0.6 is 0 Å². The molecule has 7 heteroatoms. The van der Waals surface area contributed by atoms with Crippen molar-refractivity contribution in [2.24, 2.45) is 0 Å². The Labute approximate surface area is 94.6 Å². The van der Waals surface area contributed by atoms with Crippen LogP contribution in [-0.4, -0.2) is 24.0 Å². The fraction of sp³-hybridized carbons (Fsp3) is 0.300. The molecule has 0 spiro atoms. The third-order valence-corrected chi connectivity index (χ3v) is 1.70. The lowest BCUT2D eigenvalue weighted by molar-refractivity contribution is -0.274. The van der Waals surface area contributed by atoms with Crippen molar-refractivity contribution in [2.45, 2.75) is 13.3 Å². The minimum Gasteiger partial charge on any atom is -0.507 e. The van der Waals surface area contributed by atoms with Crippen molar-refractivity contribution in [1.82, 2.24) is 0 Å². The average Bonchev–Trinajstić information content (AvgIpc) is 2.19. The Balaban J connectivity index is 2.98. The summed E-state index contributed by atoms with van der Waals surface area (Å²) in [6, 6.07) is 2.58. The standard InChI is InChI=1S/C10H9F3O4/c1-2-16-9(15)7-5-6(3-4-8(7)14)17-10(11,12)13/h3-5,14H,2H2,1H3. The Morgan fingerprint density at radius 3 is 2.59 bits per heavy atom. The summed E-state index contributed by atoms with van der Waals surface area (Å²) in [6.07, 6.45) is -4.86. The smallest absolute Gasteiger partial charge is 0.507 e. The number of rotatable bonds is 3. The van der Waals surface area contributed by atoms with Crippen LogP contribution in [0.1, 0.15) is 17.3 Å². The van der Waals surface area contributed by atoms with Crippen molar-refractivity contribution in [3.63, 3.8) is 0 Å². The Morgan fingerprint density at radius 1 is 1.41 bits per heavy atom. The minimum absolute atomic E-state index is 0.0443. The second-order valence-corrected chi connectivity index (χ2v) is 2.95. The Kier molecular flexibility index (Phi) is 3.82. The van der Waals surface area contributed by atoms with E-state index in [1.807, 2.05) is 0 Å². The van der Waals surface area contributed by atoms with Crippen LogP contribution in [0.15, 0.2) is 18.2 Å². The molecular weight excluding hydrogens is 241 g/mol. The molecule has 0 aliphatic heterocycles. The summed E-state index contributed by atoms with van der Waals surface area (Å²) in [6.45, 7) is 1.58. The van der Waals surface area contributed by atoms with Gasteiger partial charge in [0.2, 0.25) is 0 Å². The molecule has 1 aromatic rings. The first kappa shape index (κ1) is 13.1. The van der Waals surface area contributed by atoms with Crippen LogP contribution in [0.25, 0.3) is 0 Å². The van der Waals surface area contributed by atoms with Gasteiger partial charge in [0, 0.05) is 0 Å². The largest absolute Gasteiger partial charge is 0.573 e. The predicted molar refractivity (Wildman–Crippen MR) is 50.7 cm³/mol. The van der Waals surface area contributed by atoms with Crippen LogP contribution in [0.5, 0.6) is 11.5 Å². The first-order valence-corrected chi connectivity index (χ1v) is 4.59. The van der Waals surface area contributed by atoms with Gasteiger partial charge < -0.3 is 14.6 Å². The summed E-state index contributed by atoms with van der Waals surface area (Å²) < 4.78 is 43.9. The zero-order chi connectivity index (χ0) is 13.1. The lowest BCUT2D eigenvalue weighted by Gasteiger charge is -2.10. The van der Waals surface area contributed by atoms with Crippen molar-refractivity contribution in [2.75, 3.05) is 6.61 Å². The summed E-state index contributed by atoms with van der Waals surface area (Å²) in [7, 11) is 0. The summed E-state index contributed by atoms with van der Waals surface area (Å²) in [5.41, 5.74) is -0.381. The number of phenolic OH excluding ortho intramolecular Hbond substituents is 1. The molecule has 17 heavy (non-hydrogen) atoms. The van der Waals surface area contributed by atoms with Gasteiger partial charge in [0.15, 0.2) is 0 Å². The van der Waals surface area contributed by atoms with Crippen LogP contribution in [0, 0.1) is 0 Å². The maximum Gasteiger partial charge on any atom is 0.573 e. The molecule has 0 bridgehead atoms. The number of hydrogen-bond donors (Lipinski definition) is 1. The Hall–Kier alpha value is -1.92. The second kappa shape index (κ2) is 4.94. The molecule has 0 unspecified atom stereocenters. The van der Waals surface area contributed by atoms with Gasteiger partial charge in [0.05, 0.1) is 6.61 Å². The van der Waals surface area contributed by atoms with Gasteiger partial charge in [-0.2, -0.15) is 0 Å². The molecule has 0 atom stereocenters. The average molecular weight is 250 g/mol. The molecule has 1 aromatic carbocycles. The monoisotopic (exact) mass is 250 g/mol. The van der Waals surface area contributed by atoms with Gasteiger partial charge in [-0.1, -0.05) is 0 Å². The number of halogens is 3. The molecule has 94 valence electrons. The van der Waals surface area contributed by atoms with Crippen LogP contribution in [-0.2, 0) is 4.74 Å². The van der Waals surface area contributed by atoms with E-state index in [2.05, 4.69) is 9.47 Å². The van der Waals surface area contributed by atoms with Crippen molar-refractivity contribution in [3.05, 3.63) is 23.8 Å². The van der Waals surface area contributed by atoms with Gasteiger partial charge in [-0.25, -0.2) is 4.79 Å². The lowest BCUT2D eigenvalue weighted by atomic mass is 10.2. The fourth-order valence-electron chi connectivity index (χ4n) is 1.08. The molecule has 0 amide bonds. The first-order chi connectivity index (χ1) is 7.83. The van der Waals surface area contributed by atoms with Gasteiger partial charge in [-0.05, 0) is 25.1 Å². The third kappa shape index (κ3) is 3.86. The van der Waals surface area contributed by atoms with Crippen molar-refractivity contribution in [3.8, 4) is 11.5 Å². The molecule has 0 aliphatic carbocycles. The van der Waals surface area contributed by atoms with Gasteiger partial charge in [-0.3, -0.25) is 0 Å². The maximum atomic E-state index is 11.9. The number of aromatic hydroxyl groups is 1. The zero-order valence-electron chi connectivity index (χ0n) is 8.75. The summed E-state index contributed by atoms with van der Waals surface area (Å²) in [5.74, 6) is -1.99. The van der Waals surface area contributed by atoms with Crippen LogP contribution < -0.4 is 4.74 Å².